The number of carboxylic acid groups (broad SMARTS) is 1. The molecule has 1 saturated heterocycles. The van der Waals surface area contributed by atoms with Crippen molar-refractivity contribution in [1.82, 2.24) is 4.90 Å². The predicted molar refractivity (Wildman–Crippen MR) is 85.7 cm³/mol. The number of rotatable bonds is 3. The van der Waals surface area contributed by atoms with Gasteiger partial charge in [0.2, 0.25) is 0 Å². The maximum atomic E-state index is 11.3. The van der Waals surface area contributed by atoms with Crippen LogP contribution < -0.4 is 0 Å². The molecule has 1 heterocycles. The van der Waals surface area contributed by atoms with Gasteiger partial charge in [-0.25, -0.2) is 0 Å². The molecule has 1 fully saturated rings. The molecule has 3 heteroatoms. The van der Waals surface area contributed by atoms with Gasteiger partial charge in [-0.15, -0.1) is 0 Å². The molecule has 1 aromatic rings. The minimum Gasteiger partial charge on any atom is -0.480 e. The fourth-order valence-corrected chi connectivity index (χ4v) is 3.17. The molecule has 0 amide bonds. The molecular formula is C18H27NO2. The Hall–Kier alpha value is -1.35. The fourth-order valence-electron chi connectivity index (χ4n) is 3.17. The van der Waals surface area contributed by atoms with Crippen molar-refractivity contribution in [1.29, 1.82) is 0 Å². The Kier molecular flexibility index (Phi) is 4.43. The van der Waals surface area contributed by atoms with Crippen LogP contribution in [0.1, 0.15) is 55.9 Å². The lowest BCUT2D eigenvalue weighted by molar-refractivity contribution is -0.142. The largest absolute Gasteiger partial charge is 0.480 e. The van der Waals surface area contributed by atoms with Crippen molar-refractivity contribution in [3.05, 3.63) is 34.4 Å². The van der Waals surface area contributed by atoms with Crippen LogP contribution in [0.5, 0.6) is 0 Å². The van der Waals surface area contributed by atoms with Crippen molar-refractivity contribution in [3.63, 3.8) is 0 Å². The highest BCUT2D eigenvalue weighted by molar-refractivity contribution is 5.73. The number of benzene rings is 1. The lowest BCUT2D eigenvalue weighted by atomic mass is 9.83. The van der Waals surface area contributed by atoms with E-state index in [0.29, 0.717) is 0 Å². The lowest BCUT2D eigenvalue weighted by Gasteiger charge is -2.26. The zero-order valence-electron chi connectivity index (χ0n) is 13.9. The molecule has 116 valence electrons. The Morgan fingerprint density at radius 1 is 1.29 bits per heavy atom. The van der Waals surface area contributed by atoms with Crippen molar-refractivity contribution >= 4 is 5.97 Å². The molecule has 0 bridgehead atoms. The van der Waals surface area contributed by atoms with E-state index in [2.05, 4.69) is 51.7 Å². The molecule has 1 aromatic carbocycles. The van der Waals surface area contributed by atoms with Gasteiger partial charge in [0.15, 0.2) is 0 Å². The van der Waals surface area contributed by atoms with E-state index in [1.54, 1.807) is 0 Å². The summed E-state index contributed by atoms with van der Waals surface area (Å²) < 4.78 is 0. The Morgan fingerprint density at radius 2 is 1.86 bits per heavy atom. The van der Waals surface area contributed by atoms with E-state index >= 15 is 0 Å². The highest BCUT2D eigenvalue weighted by atomic mass is 16.4. The summed E-state index contributed by atoms with van der Waals surface area (Å²) in [6, 6.07) is 4.20. The highest BCUT2D eigenvalue weighted by Gasteiger charge is 2.31. The van der Waals surface area contributed by atoms with Crippen LogP contribution >= 0.6 is 0 Å². The second-order valence-corrected chi connectivity index (χ2v) is 7.31. The van der Waals surface area contributed by atoms with Gasteiger partial charge in [0.05, 0.1) is 0 Å². The Bertz CT molecular complexity index is 520. The van der Waals surface area contributed by atoms with Gasteiger partial charge in [-0.1, -0.05) is 32.9 Å². The first kappa shape index (κ1) is 16.0. The van der Waals surface area contributed by atoms with Crippen molar-refractivity contribution < 1.29 is 9.90 Å². The third-order valence-corrected chi connectivity index (χ3v) is 4.57. The van der Waals surface area contributed by atoms with Crippen LogP contribution in [0.4, 0.5) is 0 Å². The van der Waals surface area contributed by atoms with Crippen LogP contribution in [0.3, 0.4) is 0 Å². The number of likely N-dealkylation sites (tertiary alicyclic amines) is 1. The van der Waals surface area contributed by atoms with Crippen LogP contribution in [-0.4, -0.2) is 28.6 Å². The molecule has 2 rings (SSSR count). The fraction of sp³-hybridized carbons (Fsp3) is 0.611. The summed E-state index contributed by atoms with van der Waals surface area (Å²) >= 11 is 0. The van der Waals surface area contributed by atoms with E-state index in [1.165, 1.54) is 22.3 Å². The number of nitrogens with zero attached hydrogens (tertiary/aromatic N) is 1. The van der Waals surface area contributed by atoms with E-state index in [4.69, 9.17) is 0 Å². The third-order valence-electron chi connectivity index (χ3n) is 4.57. The molecular weight excluding hydrogens is 262 g/mol. The molecule has 1 atom stereocenters. The number of hydrogen-bond donors (Lipinski definition) is 1. The predicted octanol–water partition coefficient (Wildman–Crippen LogP) is 3.65. The topological polar surface area (TPSA) is 40.5 Å². The summed E-state index contributed by atoms with van der Waals surface area (Å²) in [6.45, 7) is 12.6. The zero-order chi connectivity index (χ0) is 15.8. The second kappa shape index (κ2) is 5.80. The number of aliphatic carboxylic acids is 1. The van der Waals surface area contributed by atoms with Gasteiger partial charge >= 0.3 is 5.97 Å². The van der Waals surface area contributed by atoms with Crippen molar-refractivity contribution in [2.45, 2.75) is 65.5 Å². The molecule has 1 N–H and O–H groups in total. The number of aryl methyl sites for hydroxylation is 2. The number of hydrogen-bond acceptors (Lipinski definition) is 2. The van der Waals surface area contributed by atoms with Gasteiger partial charge < -0.3 is 5.11 Å². The highest BCUT2D eigenvalue weighted by Crippen LogP contribution is 2.29. The molecule has 0 radical (unpaired) electrons. The molecule has 0 spiro atoms. The summed E-state index contributed by atoms with van der Waals surface area (Å²) in [5.74, 6) is -0.686. The molecule has 3 nitrogen and oxygen atoms in total. The van der Waals surface area contributed by atoms with Crippen LogP contribution in [0.2, 0.25) is 0 Å². The maximum absolute atomic E-state index is 11.3. The minimum atomic E-state index is -0.686. The second-order valence-electron chi connectivity index (χ2n) is 7.31. The average Bonchev–Trinajstić information content (AvgIpc) is 2.80. The third kappa shape index (κ3) is 3.46. The first-order valence-electron chi connectivity index (χ1n) is 7.77. The molecule has 0 aliphatic carbocycles. The molecule has 0 saturated carbocycles. The smallest absolute Gasteiger partial charge is 0.320 e. The van der Waals surface area contributed by atoms with Crippen LogP contribution in [-0.2, 0) is 16.8 Å². The van der Waals surface area contributed by atoms with Crippen molar-refractivity contribution in [3.8, 4) is 0 Å². The van der Waals surface area contributed by atoms with Gasteiger partial charge in [-0.3, -0.25) is 9.69 Å². The maximum Gasteiger partial charge on any atom is 0.320 e. The zero-order valence-corrected chi connectivity index (χ0v) is 13.9. The van der Waals surface area contributed by atoms with Crippen LogP contribution in [0.25, 0.3) is 0 Å². The summed E-state index contributed by atoms with van der Waals surface area (Å²) in [5.41, 5.74) is 5.33. The normalized spacial score (nSPS) is 20.0. The summed E-state index contributed by atoms with van der Waals surface area (Å²) in [6.07, 6.45) is 1.75. The van der Waals surface area contributed by atoms with E-state index in [9.17, 15) is 9.90 Å². The van der Waals surface area contributed by atoms with E-state index in [1.807, 2.05) is 0 Å². The Morgan fingerprint density at radius 3 is 2.33 bits per heavy atom. The molecule has 21 heavy (non-hydrogen) atoms. The summed E-state index contributed by atoms with van der Waals surface area (Å²) in [4.78, 5) is 13.4. The van der Waals surface area contributed by atoms with Crippen LogP contribution in [0.15, 0.2) is 12.1 Å². The Balaban J connectivity index is 2.27. The first-order chi connectivity index (χ1) is 9.70. The Labute approximate surface area is 128 Å². The minimum absolute atomic E-state index is 0.144. The molecule has 0 unspecified atom stereocenters. The summed E-state index contributed by atoms with van der Waals surface area (Å²) in [5, 5.41) is 9.31. The SMILES string of the molecule is Cc1cc(C(C)(C)C)cc(C)c1CN1CCC[C@H]1C(=O)O. The van der Waals surface area contributed by atoms with Gasteiger partial charge in [0.1, 0.15) is 6.04 Å². The van der Waals surface area contributed by atoms with E-state index < -0.39 is 5.97 Å². The van der Waals surface area contributed by atoms with Crippen molar-refractivity contribution in [2.24, 2.45) is 0 Å². The van der Waals surface area contributed by atoms with Crippen molar-refractivity contribution in [2.75, 3.05) is 6.54 Å². The van der Waals surface area contributed by atoms with Gasteiger partial charge in [-0.05, 0) is 60.9 Å². The lowest BCUT2D eigenvalue weighted by Crippen LogP contribution is -2.35. The van der Waals surface area contributed by atoms with Gasteiger partial charge in [0.25, 0.3) is 0 Å². The average molecular weight is 289 g/mol. The number of carbonyl (C=O) groups is 1. The summed E-state index contributed by atoms with van der Waals surface area (Å²) in [7, 11) is 0. The standard InChI is InChI=1S/C18H27NO2/c1-12-9-14(18(3,4)5)10-13(2)15(12)11-19-8-6-7-16(19)17(20)21/h9-10,16H,6-8,11H2,1-5H3,(H,20,21)/t16-/m0/s1. The molecule has 1 aliphatic rings. The number of carboxylic acids is 1. The van der Waals surface area contributed by atoms with Crippen LogP contribution in [0, 0.1) is 13.8 Å². The molecule has 1 aliphatic heterocycles. The first-order valence-corrected chi connectivity index (χ1v) is 7.77. The quantitative estimate of drug-likeness (QED) is 0.923. The van der Waals surface area contributed by atoms with E-state index in [-0.39, 0.29) is 11.5 Å². The molecule has 0 aromatic heterocycles. The van der Waals surface area contributed by atoms with E-state index in [0.717, 1.165) is 25.9 Å². The van der Waals surface area contributed by atoms with Gasteiger partial charge in [-0.2, -0.15) is 0 Å². The van der Waals surface area contributed by atoms with Gasteiger partial charge in [0, 0.05) is 6.54 Å². The monoisotopic (exact) mass is 289 g/mol.